The molecule has 0 bridgehead atoms. The van der Waals surface area contributed by atoms with Gasteiger partial charge in [0, 0.05) is 18.4 Å². The van der Waals surface area contributed by atoms with Crippen LogP contribution < -0.4 is 5.32 Å². The number of ether oxygens (including phenoxy) is 2. The molecule has 2 amide bonds. The monoisotopic (exact) mass is 466 g/mol. The number of fused-ring (bicyclic) bond motifs is 3. The van der Waals surface area contributed by atoms with Crippen molar-refractivity contribution in [3.05, 3.63) is 59.7 Å². The second kappa shape index (κ2) is 9.85. The second-order valence-corrected chi connectivity index (χ2v) is 9.29. The summed E-state index contributed by atoms with van der Waals surface area (Å²) < 4.78 is 10.9. The van der Waals surface area contributed by atoms with Crippen LogP contribution >= 0.6 is 0 Å². The number of nitrogens with one attached hydrogen (secondary N) is 1. The first-order valence-corrected chi connectivity index (χ1v) is 11.5. The van der Waals surface area contributed by atoms with Crippen LogP contribution in [0.5, 0.6) is 0 Å². The van der Waals surface area contributed by atoms with Crippen molar-refractivity contribution in [3.63, 3.8) is 0 Å². The van der Waals surface area contributed by atoms with E-state index in [4.69, 9.17) is 14.6 Å². The summed E-state index contributed by atoms with van der Waals surface area (Å²) in [5.41, 5.74) is 4.05. The largest absolute Gasteiger partial charge is 0.480 e. The third kappa shape index (κ3) is 5.22. The molecule has 1 aliphatic carbocycles. The summed E-state index contributed by atoms with van der Waals surface area (Å²) in [5.74, 6) is -1.07. The fraction of sp³-hybridized carbons (Fsp3) is 0.423. The van der Waals surface area contributed by atoms with E-state index in [1.54, 1.807) is 11.8 Å². The van der Waals surface area contributed by atoms with Crippen molar-refractivity contribution in [1.82, 2.24) is 10.2 Å². The van der Waals surface area contributed by atoms with Crippen molar-refractivity contribution < 1.29 is 29.0 Å². The summed E-state index contributed by atoms with van der Waals surface area (Å²) in [6.07, 6.45) is 0.256. The number of benzene rings is 2. The van der Waals surface area contributed by atoms with Crippen molar-refractivity contribution in [2.45, 2.75) is 44.2 Å². The third-order valence-electron chi connectivity index (χ3n) is 6.45. The van der Waals surface area contributed by atoms with E-state index >= 15 is 0 Å². The fourth-order valence-corrected chi connectivity index (χ4v) is 4.68. The predicted octanol–water partition coefficient (Wildman–Crippen LogP) is 3.40. The molecule has 4 rings (SSSR count). The smallest absolute Gasteiger partial charge is 0.407 e. The molecular formula is C26H30N2O6. The SMILES string of the molecule is CC(CCC(=O)N1CC(C)(OCC(=O)O)C1)NC(=O)OCC1c2ccccc2-c2ccccc21. The van der Waals surface area contributed by atoms with Crippen LogP contribution in [-0.2, 0) is 19.1 Å². The van der Waals surface area contributed by atoms with Gasteiger partial charge >= 0.3 is 12.1 Å². The number of carboxylic acid groups (broad SMARTS) is 1. The van der Waals surface area contributed by atoms with Gasteiger partial charge in [-0.3, -0.25) is 4.79 Å². The normalized spacial score (nSPS) is 16.7. The standard InChI is InChI=1S/C26H30N2O6/c1-17(11-12-23(29)28-15-26(2,16-28)34-14-24(30)31)27-25(32)33-13-22-20-9-5-3-7-18(20)19-8-4-6-10-21(19)22/h3-10,17,22H,11-16H2,1-2H3,(H,27,32)(H,30,31). The van der Waals surface area contributed by atoms with Gasteiger partial charge in [0.1, 0.15) is 18.8 Å². The molecule has 0 aromatic heterocycles. The summed E-state index contributed by atoms with van der Waals surface area (Å²) in [6, 6.07) is 16.1. The van der Waals surface area contributed by atoms with Crippen LogP contribution in [-0.4, -0.2) is 65.9 Å². The number of nitrogens with zero attached hydrogens (tertiary/aromatic N) is 1. The highest BCUT2D eigenvalue weighted by Crippen LogP contribution is 2.44. The Morgan fingerprint density at radius 3 is 2.26 bits per heavy atom. The molecule has 0 spiro atoms. The Morgan fingerprint density at radius 1 is 1.09 bits per heavy atom. The van der Waals surface area contributed by atoms with Crippen molar-refractivity contribution >= 4 is 18.0 Å². The maximum atomic E-state index is 12.4. The number of amides is 2. The van der Waals surface area contributed by atoms with E-state index in [1.807, 2.05) is 31.2 Å². The van der Waals surface area contributed by atoms with Crippen molar-refractivity contribution in [2.24, 2.45) is 0 Å². The van der Waals surface area contributed by atoms with Gasteiger partial charge in [0.2, 0.25) is 5.91 Å². The zero-order valence-electron chi connectivity index (χ0n) is 19.5. The highest BCUT2D eigenvalue weighted by molar-refractivity contribution is 5.79. The van der Waals surface area contributed by atoms with Crippen molar-refractivity contribution in [1.29, 1.82) is 0 Å². The highest BCUT2D eigenvalue weighted by Gasteiger charge is 2.42. The number of likely N-dealkylation sites (tertiary alicyclic amines) is 1. The molecule has 2 aliphatic rings. The van der Waals surface area contributed by atoms with Gasteiger partial charge in [-0.15, -0.1) is 0 Å². The van der Waals surface area contributed by atoms with Gasteiger partial charge in [-0.05, 0) is 42.5 Å². The van der Waals surface area contributed by atoms with Crippen LogP contribution in [0.3, 0.4) is 0 Å². The van der Waals surface area contributed by atoms with Crippen LogP contribution in [0, 0.1) is 0 Å². The average Bonchev–Trinajstić information content (AvgIpc) is 3.12. The molecule has 2 aromatic carbocycles. The molecule has 1 heterocycles. The first-order chi connectivity index (χ1) is 16.3. The number of hydrogen-bond donors (Lipinski definition) is 2. The molecule has 8 heteroatoms. The van der Waals surface area contributed by atoms with Crippen LogP contribution in [0.2, 0.25) is 0 Å². The molecule has 0 radical (unpaired) electrons. The lowest BCUT2D eigenvalue weighted by Crippen LogP contribution is -2.63. The number of carboxylic acids is 1. The Kier molecular flexibility index (Phi) is 6.88. The maximum Gasteiger partial charge on any atom is 0.407 e. The Morgan fingerprint density at radius 2 is 1.68 bits per heavy atom. The van der Waals surface area contributed by atoms with Gasteiger partial charge in [0.15, 0.2) is 0 Å². The van der Waals surface area contributed by atoms with E-state index in [9.17, 15) is 14.4 Å². The van der Waals surface area contributed by atoms with Crippen LogP contribution in [0.25, 0.3) is 11.1 Å². The molecule has 1 saturated heterocycles. The van der Waals surface area contributed by atoms with Gasteiger partial charge < -0.3 is 24.8 Å². The highest BCUT2D eigenvalue weighted by atomic mass is 16.5. The van der Waals surface area contributed by atoms with Crippen LogP contribution in [0.1, 0.15) is 43.7 Å². The summed E-state index contributed by atoms with van der Waals surface area (Å²) in [4.78, 5) is 37.1. The molecule has 1 aliphatic heterocycles. The number of alkyl carbamates (subject to hydrolysis) is 1. The third-order valence-corrected chi connectivity index (χ3v) is 6.45. The number of hydrogen-bond acceptors (Lipinski definition) is 5. The molecule has 34 heavy (non-hydrogen) atoms. The lowest BCUT2D eigenvalue weighted by molar-refractivity contribution is -0.173. The van der Waals surface area contributed by atoms with Gasteiger partial charge in [-0.2, -0.15) is 0 Å². The van der Waals surface area contributed by atoms with E-state index in [1.165, 1.54) is 11.1 Å². The Labute approximate surface area is 198 Å². The molecule has 1 atom stereocenters. The summed E-state index contributed by atoms with van der Waals surface area (Å²) >= 11 is 0. The minimum absolute atomic E-state index is 0.000827. The Hall–Kier alpha value is -3.39. The zero-order valence-corrected chi connectivity index (χ0v) is 19.5. The van der Waals surface area contributed by atoms with Crippen molar-refractivity contribution in [2.75, 3.05) is 26.3 Å². The molecule has 1 fully saturated rings. The van der Waals surface area contributed by atoms with E-state index in [-0.39, 0.29) is 37.5 Å². The van der Waals surface area contributed by atoms with E-state index < -0.39 is 17.7 Å². The van der Waals surface area contributed by atoms with Crippen molar-refractivity contribution in [3.8, 4) is 11.1 Å². The van der Waals surface area contributed by atoms with Gasteiger partial charge in [0.05, 0.1) is 13.1 Å². The molecule has 1 unspecified atom stereocenters. The number of aliphatic carboxylic acids is 1. The first kappa shape index (κ1) is 23.8. The predicted molar refractivity (Wildman–Crippen MR) is 125 cm³/mol. The molecule has 0 saturated carbocycles. The molecule has 180 valence electrons. The minimum Gasteiger partial charge on any atom is -0.480 e. The number of carbonyl (C=O) groups excluding carboxylic acids is 2. The quantitative estimate of drug-likeness (QED) is 0.587. The summed E-state index contributed by atoms with van der Waals surface area (Å²) in [7, 11) is 0. The summed E-state index contributed by atoms with van der Waals surface area (Å²) in [6.45, 7) is 4.24. The van der Waals surface area contributed by atoms with E-state index in [2.05, 4.69) is 29.6 Å². The van der Waals surface area contributed by atoms with Gasteiger partial charge in [-0.25, -0.2) is 9.59 Å². The maximum absolute atomic E-state index is 12.4. The second-order valence-electron chi connectivity index (χ2n) is 9.29. The summed E-state index contributed by atoms with van der Waals surface area (Å²) in [5, 5.41) is 11.5. The van der Waals surface area contributed by atoms with E-state index in [0.717, 1.165) is 11.1 Å². The topological polar surface area (TPSA) is 105 Å². The van der Waals surface area contributed by atoms with E-state index in [0.29, 0.717) is 19.5 Å². The molecule has 2 N–H and O–H groups in total. The Balaban J connectivity index is 1.20. The average molecular weight is 467 g/mol. The number of rotatable bonds is 9. The lowest BCUT2D eigenvalue weighted by Gasteiger charge is -2.47. The molecule has 2 aromatic rings. The number of carbonyl (C=O) groups is 3. The lowest BCUT2D eigenvalue weighted by atomic mass is 9.95. The molecular weight excluding hydrogens is 436 g/mol. The fourth-order valence-electron chi connectivity index (χ4n) is 4.68. The Bertz CT molecular complexity index is 1030. The first-order valence-electron chi connectivity index (χ1n) is 11.5. The van der Waals surface area contributed by atoms with Crippen LogP contribution in [0.15, 0.2) is 48.5 Å². The van der Waals surface area contributed by atoms with Gasteiger partial charge in [-0.1, -0.05) is 48.5 Å². The van der Waals surface area contributed by atoms with Gasteiger partial charge in [0.25, 0.3) is 0 Å². The zero-order chi connectivity index (χ0) is 24.3. The minimum atomic E-state index is -1.03. The van der Waals surface area contributed by atoms with Crippen LogP contribution in [0.4, 0.5) is 4.79 Å². The molecule has 8 nitrogen and oxygen atoms in total.